The summed E-state index contributed by atoms with van der Waals surface area (Å²) in [7, 11) is 2.69. The Morgan fingerprint density at radius 3 is 2.31 bits per heavy atom. The zero-order valence-electron chi connectivity index (χ0n) is 8.93. The minimum Gasteiger partial charge on any atom is -0.458 e. The molecule has 1 aromatic carbocycles. The molecule has 2 rings (SSSR count). The highest BCUT2D eigenvalue weighted by atomic mass is 80.0. The number of benzene rings is 1. The summed E-state index contributed by atoms with van der Waals surface area (Å²) in [6, 6.07) is 7.95. The monoisotopic (exact) mass is 428 g/mol. The molecule has 0 saturated heterocycles. The van der Waals surface area contributed by atoms with Gasteiger partial charge in [-0.3, -0.25) is 0 Å². The van der Waals surface area contributed by atoms with E-state index in [9.17, 15) is 0 Å². The van der Waals surface area contributed by atoms with Gasteiger partial charge in [-0.2, -0.15) is 0 Å². The summed E-state index contributed by atoms with van der Waals surface area (Å²) in [4.78, 5) is 0. The molecule has 0 bridgehead atoms. The lowest BCUT2D eigenvalue weighted by atomic mass is 10.2. The van der Waals surface area contributed by atoms with Crippen LogP contribution < -0.4 is 5.30 Å². The van der Waals surface area contributed by atoms with E-state index in [0.29, 0.717) is 0 Å². The average Bonchev–Trinajstić information content (AvgIpc) is 2.65. The third kappa shape index (κ3) is 3.32. The van der Waals surface area contributed by atoms with Crippen molar-refractivity contribution in [3.05, 3.63) is 30.0 Å². The predicted octanol–water partition coefficient (Wildman–Crippen LogP) is 5.25. The van der Waals surface area contributed by atoms with E-state index in [-0.39, 0.29) is 0 Å². The van der Waals surface area contributed by atoms with Crippen LogP contribution in [-0.4, -0.2) is 0 Å². The van der Waals surface area contributed by atoms with Crippen LogP contribution in [-0.2, 0) is 2.14 Å². The molecule has 1 aromatic heterocycles. The molecule has 88 valence electrons. The number of alkyl halides is 3. The molecule has 0 radical (unpaired) electrons. The summed E-state index contributed by atoms with van der Waals surface area (Å²) in [6.07, 6.45) is 0. The van der Waals surface area contributed by atoms with Gasteiger partial charge in [0.25, 0.3) is 0 Å². The average molecular weight is 431 g/mol. The highest BCUT2D eigenvalue weighted by Crippen LogP contribution is 2.45. The van der Waals surface area contributed by atoms with Gasteiger partial charge in [-0.15, -0.1) is 9.24 Å². The second kappa shape index (κ2) is 5.99. The Kier molecular flexibility index (Phi) is 5.50. The molecule has 0 N–H and O–H groups in total. The van der Waals surface area contributed by atoms with Crippen molar-refractivity contribution in [2.24, 2.45) is 0 Å². The minimum absolute atomic E-state index is 0.483. The Bertz CT molecular complexity index is 474. The lowest BCUT2D eigenvalue weighted by Gasteiger charge is -2.06. The molecule has 1 nitrogen and oxygen atoms in total. The van der Waals surface area contributed by atoms with Crippen molar-refractivity contribution in [1.29, 1.82) is 0 Å². The maximum Gasteiger partial charge on any atom is 0.192 e. The molecule has 5 heteroatoms. The van der Waals surface area contributed by atoms with Crippen molar-refractivity contribution >= 4 is 73.3 Å². The number of hydrogen-bond donors (Lipinski definition) is 0. The van der Waals surface area contributed by atoms with E-state index >= 15 is 0 Å². The highest BCUT2D eigenvalue weighted by molar-refractivity contribution is 9.38. The summed E-state index contributed by atoms with van der Waals surface area (Å²) in [6.45, 7) is 4.00. The summed E-state index contributed by atoms with van der Waals surface area (Å²) in [5, 5.41) is 2.24. The Morgan fingerprint density at radius 2 is 1.81 bits per heavy atom. The number of rotatable bonds is 0. The summed E-state index contributed by atoms with van der Waals surface area (Å²) < 4.78 is 5.18. The number of furan rings is 1. The normalized spacial score (nSPS) is 11.1. The Morgan fingerprint density at radius 1 is 1.19 bits per heavy atom. The molecule has 1 atom stereocenters. The zero-order valence-corrected chi connectivity index (χ0v) is 14.8. The van der Waals surface area contributed by atoms with Gasteiger partial charge in [-0.25, -0.2) is 0 Å². The van der Waals surface area contributed by atoms with E-state index in [1.807, 2.05) is 38.1 Å². The van der Waals surface area contributed by atoms with Gasteiger partial charge in [0, 0.05) is 5.39 Å². The molecule has 0 aliphatic heterocycles. The predicted molar refractivity (Wildman–Crippen MR) is 85.4 cm³/mol. The first-order valence-electron chi connectivity index (χ1n) is 4.84. The first-order valence-corrected chi connectivity index (χ1v) is 7.79. The standard InChI is InChI=1S/C9H6Br3OP.C2H6/c10-9(11,12)8-4-5-6(13-8)2-1-3-7(5)14;1-2/h1-4H,14H2;1-2H3. The van der Waals surface area contributed by atoms with Crippen LogP contribution in [0.4, 0.5) is 0 Å². The SMILES string of the molecule is CC.Pc1cccc2oc(C(Br)(Br)Br)cc12. The van der Waals surface area contributed by atoms with Gasteiger partial charge < -0.3 is 4.42 Å². The van der Waals surface area contributed by atoms with Crippen molar-refractivity contribution in [2.45, 2.75) is 16.0 Å². The van der Waals surface area contributed by atoms with Gasteiger partial charge in [0.2, 0.25) is 0 Å². The van der Waals surface area contributed by atoms with E-state index < -0.39 is 2.14 Å². The van der Waals surface area contributed by atoms with Gasteiger partial charge in [-0.1, -0.05) is 73.8 Å². The van der Waals surface area contributed by atoms with Crippen LogP contribution >= 0.6 is 57.0 Å². The van der Waals surface area contributed by atoms with Crippen molar-refractivity contribution in [1.82, 2.24) is 0 Å². The second-order valence-corrected chi connectivity index (χ2v) is 10.3. The van der Waals surface area contributed by atoms with Crippen LogP contribution in [0, 0.1) is 0 Å². The fraction of sp³-hybridized carbons (Fsp3) is 0.273. The van der Waals surface area contributed by atoms with Crippen LogP contribution in [0.2, 0.25) is 0 Å². The van der Waals surface area contributed by atoms with E-state index in [0.717, 1.165) is 22.0 Å². The van der Waals surface area contributed by atoms with Gasteiger partial charge in [0.05, 0.1) is 0 Å². The summed E-state index contributed by atoms with van der Waals surface area (Å²) in [5.74, 6) is 0.794. The molecule has 0 saturated carbocycles. The van der Waals surface area contributed by atoms with Crippen LogP contribution in [0.15, 0.2) is 28.7 Å². The number of hydrogen-bond acceptors (Lipinski definition) is 1. The Hall–Kier alpha value is 0.630. The largest absolute Gasteiger partial charge is 0.458 e. The molecule has 16 heavy (non-hydrogen) atoms. The molecule has 0 aliphatic rings. The van der Waals surface area contributed by atoms with Crippen LogP contribution in [0.1, 0.15) is 19.6 Å². The molecule has 0 amide bonds. The van der Waals surface area contributed by atoms with E-state index in [1.54, 1.807) is 0 Å². The minimum atomic E-state index is -0.483. The van der Waals surface area contributed by atoms with E-state index in [4.69, 9.17) is 4.42 Å². The van der Waals surface area contributed by atoms with Crippen molar-refractivity contribution in [2.75, 3.05) is 0 Å². The topological polar surface area (TPSA) is 13.1 Å². The van der Waals surface area contributed by atoms with Crippen molar-refractivity contribution in [3.63, 3.8) is 0 Å². The first-order chi connectivity index (χ1) is 7.48. The van der Waals surface area contributed by atoms with Gasteiger partial charge in [-0.05, 0) is 17.4 Å². The molecule has 0 aliphatic carbocycles. The molecule has 1 unspecified atom stereocenters. The Labute approximate surface area is 123 Å². The zero-order chi connectivity index (χ0) is 12.3. The molecule has 0 spiro atoms. The fourth-order valence-corrected chi connectivity index (χ4v) is 2.15. The second-order valence-electron chi connectivity index (χ2n) is 2.87. The van der Waals surface area contributed by atoms with Gasteiger partial charge in [0.15, 0.2) is 2.14 Å². The Balaban J connectivity index is 0.000000606. The molecule has 1 heterocycles. The molecular formula is C11H12Br3OP. The van der Waals surface area contributed by atoms with Crippen LogP contribution in [0.25, 0.3) is 11.0 Å². The fourth-order valence-electron chi connectivity index (χ4n) is 1.22. The van der Waals surface area contributed by atoms with Crippen LogP contribution in [0.3, 0.4) is 0 Å². The maximum atomic E-state index is 5.66. The summed E-state index contributed by atoms with van der Waals surface area (Å²) in [5.41, 5.74) is 0.884. The smallest absolute Gasteiger partial charge is 0.192 e. The molecule has 2 aromatic rings. The lowest BCUT2D eigenvalue weighted by molar-refractivity contribution is 0.569. The third-order valence-electron chi connectivity index (χ3n) is 1.87. The first kappa shape index (κ1) is 14.7. The lowest BCUT2D eigenvalue weighted by Crippen LogP contribution is -1.93. The molecule has 0 fully saturated rings. The third-order valence-corrected chi connectivity index (χ3v) is 3.55. The van der Waals surface area contributed by atoms with E-state index in [1.165, 1.54) is 0 Å². The highest BCUT2D eigenvalue weighted by Gasteiger charge is 2.25. The van der Waals surface area contributed by atoms with Gasteiger partial charge >= 0.3 is 0 Å². The number of fused-ring (bicyclic) bond motifs is 1. The summed E-state index contributed by atoms with van der Waals surface area (Å²) >= 11 is 10.3. The van der Waals surface area contributed by atoms with Crippen molar-refractivity contribution in [3.8, 4) is 0 Å². The maximum absolute atomic E-state index is 5.66. The van der Waals surface area contributed by atoms with Crippen LogP contribution in [0.5, 0.6) is 0 Å². The molecular weight excluding hydrogens is 419 g/mol. The van der Waals surface area contributed by atoms with Crippen molar-refractivity contribution < 1.29 is 4.42 Å². The van der Waals surface area contributed by atoms with Gasteiger partial charge in [0.1, 0.15) is 11.3 Å². The van der Waals surface area contributed by atoms with E-state index in [2.05, 4.69) is 57.0 Å². The number of halogens is 3. The quantitative estimate of drug-likeness (QED) is 0.411.